The van der Waals surface area contributed by atoms with Crippen molar-refractivity contribution in [2.24, 2.45) is 0 Å². The van der Waals surface area contributed by atoms with Crippen molar-refractivity contribution in [3.05, 3.63) is 22.9 Å². The third kappa shape index (κ3) is 1.20. The summed E-state index contributed by atoms with van der Waals surface area (Å²) in [7, 11) is 0. The molecule has 0 saturated heterocycles. The minimum Gasteiger partial charge on any atom is -0.485 e. The van der Waals surface area contributed by atoms with E-state index in [9.17, 15) is 0 Å². The van der Waals surface area contributed by atoms with E-state index in [0.29, 0.717) is 13.2 Å². The maximum atomic E-state index is 5.48. The smallest absolute Gasteiger partial charge is 0.175 e. The number of hydrogen-bond donors (Lipinski definition) is 0. The van der Waals surface area contributed by atoms with Crippen LogP contribution in [-0.4, -0.2) is 13.2 Å². The molecule has 0 fully saturated rings. The molecule has 0 aliphatic carbocycles. The highest BCUT2D eigenvalue weighted by Gasteiger charge is 2.16. The first-order valence-electron chi connectivity index (χ1n) is 3.88. The highest BCUT2D eigenvalue weighted by Crippen LogP contribution is 2.39. The van der Waals surface area contributed by atoms with E-state index in [0.717, 1.165) is 17.9 Å². The molecule has 1 aromatic rings. The molecule has 2 heterocycles. The molecule has 0 saturated carbocycles. The van der Waals surface area contributed by atoms with Crippen LogP contribution in [0, 0.1) is 0 Å². The van der Waals surface area contributed by atoms with Crippen LogP contribution in [0.15, 0.2) is 18.0 Å². The van der Waals surface area contributed by atoms with Crippen LogP contribution in [-0.2, 0) is 6.42 Å². The van der Waals surface area contributed by atoms with Gasteiger partial charge in [0.15, 0.2) is 11.5 Å². The summed E-state index contributed by atoms with van der Waals surface area (Å²) in [6.07, 6.45) is 2.74. The number of allylic oxidation sites excluding steroid dienone is 1. The summed E-state index contributed by atoms with van der Waals surface area (Å²) in [5.74, 6) is 1.81. The second-order valence-electron chi connectivity index (χ2n) is 2.54. The van der Waals surface area contributed by atoms with Crippen LogP contribution < -0.4 is 9.47 Å². The fourth-order valence-electron chi connectivity index (χ4n) is 1.19. The molecule has 2 nitrogen and oxygen atoms in total. The summed E-state index contributed by atoms with van der Waals surface area (Å²) in [4.78, 5) is 1.21. The van der Waals surface area contributed by atoms with Crippen molar-refractivity contribution < 1.29 is 9.47 Å². The molecule has 0 spiro atoms. The van der Waals surface area contributed by atoms with Crippen molar-refractivity contribution in [2.45, 2.75) is 6.42 Å². The number of fused-ring (bicyclic) bond motifs is 1. The molecule has 64 valence electrons. The van der Waals surface area contributed by atoms with Gasteiger partial charge in [0.25, 0.3) is 0 Å². The SMILES string of the molecule is C=CCc1scc2c1OCCO2. The molecule has 0 atom stereocenters. The molecule has 1 aromatic heterocycles. The molecule has 0 amide bonds. The van der Waals surface area contributed by atoms with Crippen LogP contribution in [0.4, 0.5) is 0 Å². The molecular formula is C9H10O2S. The Morgan fingerprint density at radius 2 is 2.33 bits per heavy atom. The first-order chi connectivity index (χ1) is 5.92. The standard InChI is InChI=1S/C9H10O2S/c1-2-3-8-9-7(6-12-8)10-4-5-11-9/h2,6H,1,3-5H2. The minimum atomic E-state index is 0.661. The van der Waals surface area contributed by atoms with E-state index in [2.05, 4.69) is 6.58 Å². The van der Waals surface area contributed by atoms with Gasteiger partial charge >= 0.3 is 0 Å². The van der Waals surface area contributed by atoms with Gasteiger partial charge in [-0.25, -0.2) is 0 Å². The van der Waals surface area contributed by atoms with Gasteiger partial charge in [0.1, 0.15) is 13.2 Å². The van der Waals surface area contributed by atoms with Gasteiger partial charge in [-0.2, -0.15) is 0 Å². The molecule has 0 radical (unpaired) electrons. The topological polar surface area (TPSA) is 18.5 Å². The molecule has 2 rings (SSSR count). The van der Waals surface area contributed by atoms with Gasteiger partial charge in [0, 0.05) is 11.8 Å². The molecule has 12 heavy (non-hydrogen) atoms. The Morgan fingerprint density at radius 3 is 3.17 bits per heavy atom. The molecule has 0 N–H and O–H groups in total. The fraction of sp³-hybridized carbons (Fsp3) is 0.333. The second-order valence-corrected chi connectivity index (χ2v) is 3.51. The Balaban J connectivity index is 2.31. The third-order valence-electron chi connectivity index (χ3n) is 1.70. The zero-order valence-corrected chi connectivity index (χ0v) is 7.52. The zero-order chi connectivity index (χ0) is 8.39. The summed E-state index contributed by atoms with van der Waals surface area (Å²) in [6, 6.07) is 0. The quantitative estimate of drug-likeness (QED) is 0.653. The van der Waals surface area contributed by atoms with Gasteiger partial charge in [-0.05, 0) is 0 Å². The molecule has 0 bridgehead atoms. The third-order valence-corrected chi connectivity index (χ3v) is 2.67. The molecule has 1 aliphatic heterocycles. The van der Waals surface area contributed by atoms with Gasteiger partial charge in [-0.3, -0.25) is 0 Å². The predicted octanol–water partition coefficient (Wildman–Crippen LogP) is 2.25. The summed E-state index contributed by atoms with van der Waals surface area (Å²) < 4.78 is 10.9. The van der Waals surface area contributed by atoms with Crippen molar-refractivity contribution in [2.75, 3.05) is 13.2 Å². The number of hydrogen-bond acceptors (Lipinski definition) is 3. The summed E-state index contributed by atoms with van der Waals surface area (Å²) in [5.41, 5.74) is 0. The van der Waals surface area contributed by atoms with Crippen LogP contribution in [0.3, 0.4) is 0 Å². The van der Waals surface area contributed by atoms with Crippen molar-refractivity contribution >= 4 is 11.3 Å². The van der Waals surface area contributed by atoms with Crippen molar-refractivity contribution in [3.8, 4) is 11.5 Å². The fourth-order valence-corrected chi connectivity index (χ4v) is 2.09. The minimum absolute atomic E-state index is 0.661. The average Bonchev–Trinajstić information content (AvgIpc) is 2.50. The van der Waals surface area contributed by atoms with E-state index in [-0.39, 0.29) is 0 Å². The zero-order valence-electron chi connectivity index (χ0n) is 6.71. The lowest BCUT2D eigenvalue weighted by Gasteiger charge is -2.15. The first kappa shape index (κ1) is 7.68. The van der Waals surface area contributed by atoms with Gasteiger partial charge in [0.2, 0.25) is 0 Å². The Morgan fingerprint density at radius 1 is 1.50 bits per heavy atom. The summed E-state index contributed by atoms with van der Waals surface area (Å²) in [6.45, 7) is 5.02. The Bertz CT molecular complexity index is 291. The van der Waals surface area contributed by atoms with E-state index < -0.39 is 0 Å². The van der Waals surface area contributed by atoms with Gasteiger partial charge in [-0.1, -0.05) is 6.08 Å². The van der Waals surface area contributed by atoms with E-state index in [1.54, 1.807) is 11.3 Å². The number of rotatable bonds is 2. The van der Waals surface area contributed by atoms with Crippen LogP contribution in [0.2, 0.25) is 0 Å². The van der Waals surface area contributed by atoms with Crippen LogP contribution in [0.5, 0.6) is 11.5 Å². The Kier molecular flexibility index (Phi) is 2.04. The molecule has 0 unspecified atom stereocenters. The number of ether oxygens (including phenoxy) is 2. The van der Waals surface area contributed by atoms with Crippen molar-refractivity contribution in [3.63, 3.8) is 0 Å². The van der Waals surface area contributed by atoms with Gasteiger partial charge in [0.05, 0.1) is 4.88 Å². The maximum absolute atomic E-state index is 5.48. The lowest BCUT2D eigenvalue weighted by molar-refractivity contribution is 0.172. The monoisotopic (exact) mass is 182 g/mol. The van der Waals surface area contributed by atoms with Gasteiger partial charge in [-0.15, -0.1) is 17.9 Å². The predicted molar refractivity (Wildman–Crippen MR) is 49.2 cm³/mol. The summed E-state index contributed by atoms with van der Waals surface area (Å²) in [5, 5.41) is 1.99. The van der Waals surface area contributed by atoms with E-state index in [4.69, 9.17) is 9.47 Å². The second kappa shape index (κ2) is 3.19. The largest absolute Gasteiger partial charge is 0.485 e. The van der Waals surface area contributed by atoms with Crippen molar-refractivity contribution in [1.29, 1.82) is 0 Å². The Labute approximate surface area is 75.4 Å². The number of thiophene rings is 1. The van der Waals surface area contributed by atoms with Gasteiger partial charge < -0.3 is 9.47 Å². The van der Waals surface area contributed by atoms with Crippen molar-refractivity contribution in [1.82, 2.24) is 0 Å². The van der Waals surface area contributed by atoms with E-state index in [1.807, 2.05) is 11.5 Å². The average molecular weight is 182 g/mol. The lowest BCUT2D eigenvalue weighted by atomic mass is 10.3. The van der Waals surface area contributed by atoms with Crippen LogP contribution >= 0.6 is 11.3 Å². The molecular weight excluding hydrogens is 172 g/mol. The summed E-state index contributed by atoms with van der Waals surface area (Å²) >= 11 is 1.67. The highest BCUT2D eigenvalue weighted by atomic mass is 32.1. The molecule has 0 aromatic carbocycles. The van der Waals surface area contributed by atoms with E-state index in [1.165, 1.54) is 4.88 Å². The van der Waals surface area contributed by atoms with E-state index >= 15 is 0 Å². The lowest BCUT2D eigenvalue weighted by Crippen LogP contribution is -2.14. The first-order valence-corrected chi connectivity index (χ1v) is 4.76. The highest BCUT2D eigenvalue weighted by molar-refractivity contribution is 7.10. The molecule has 1 aliphatic rings. The van der Waals surface area contributed by atoms with Crippen LogP contribution in [0.25, 0.3) is 0 Å². The Hall–Kier alpha value is -0.960. The normalized spacial score (nSPS) is 14.3. The molecule has 3 heteroatoms. The van der Waals surface area contributed by atoms with Crippen LogP contribution in [0.1, 0.15) is 4.88 Å². The maximum Gasteiger partial charge on any atom is 0.175 e.